The Bertz CT molecular complexity index is 473. The van der Waals surface area contributed by atoms with E-state index >= 15 is 0 Å². The summed E-state index contributed by atoms with van der Waals surface area (Å²) in [6.07, 6.45) is 0.902. The molecule has 4 heteroatoms. The fourth-order valence-electron chi connectivity index (χ4n) is 2.77. The Labute approximate surface area is 127 Å². The fraction of sp³-hybridized carbons (Fsp3) is 0.588. The van der Waals surface area contributed by atoms with Crippen LogP contribution in [0.5, 0.6) is 0 Å². The molecule has 0 radical (unpaired) electrons. The monoisotopic (exact) mass is 290 g/mol. The third-order valence-corrected chi connectivity index (χ3v) is 4.07. The average molecular weight is 290 g/mol. The molecule has 21 heavy (non-hydrogen) atoms. The fourth-order valence-corrected chi connectivity index (χ4v) is 2.77. The van der Waals surface area contributed by atoms with E-state index < -0.39 is 0 Å². The van der Waals surface area contributed by atoms with Crippen molar-refractivity contribution >= 4 is 5.91 Å². The van der Waals surface area contributed by atoms with Crippen molar-refractivity contribution < 1.29 is 9.53 Å². The van der Waals surface area contributed by atoms with E-state index in [2.05, 4.69) is 31.3 Å². The molecular weight excluding hydrogens is 264 g/mol. The van der Waals surface area contributed by atoms with E-state index in [9.17, 15) is 4.79 Å². The minimum Gasteiger partial charge on any atom is -0.385 e. The van der Waals surface area contributed by atoms with Crippen LogP contribution < -0.4 is 5.32 Å². The number of benzene rings is 1. The van der Waals surface area contributed by atoms with Gasteiger partial charge in [-0.3, -0.25) is 10.1 Å². The highest BCUT2D eigenvalue weighted by atomic mass is 16.5. The summed E-state index contributed by atoms with van der Waals surface area (Å²) in [7, 11) is 1.72. The van der Waals surface area contributed by atoms with Gasteiger partial charge < -0.3 is 9.64 Å². The van der Waals surface area contributed by atoms with Gasteiger partial charge in [0.25, 0.3) is 0 Å². The van der Waals surface area contributed by atoms with E-state index in [1.807, 2.05) is 30.0 Å². The van der Waals surface area contributed by atoms with Gasteiger partial charge in [-0.25, -0.2) is 0 Å². The van der Waals surface area contributed by atoms with E-state index in [0.717, 1.165) is 18.5 Å². The smallest absolute Gasteiger partial charge is 0.241 e. The second kappa shape index (κ2) is 6.58. The summed E-state index contributed by atoms with van der Waals surface area (Å²) in [6.45, 7) is 7.75. The average Bonchev–Trinajstić information content (AvgIpc) is 2.74. The number of hydrogen-bond donors (Lipinski definition) is 1. The van der Waals surface area contributed by atoms with E-state index in [-0.39, 0.29) is 23.5 Å². The summed E-state index contributed by atoms with van der Waals surface area (Å²) in [6, 6.07) is 10.0. The van der Waals surface area contributed by atoms with Crippen LogP contribution in [0.25, 0.3) is 0 Å². The first kappa shape index (κ1) is 16.0. The van der Waals surface area contributed by atoms with Crippen LogP contribution in [0.2, 0.25) is 0 Å². The minimum atomic E-state index is -0.131. The van der Waals surface area contributed by atoms with Gasteiger partial charge in [0.2, 0.25) is 5.91 Å². The maximum Gasteiger partial charge on any atom is 0.241 e. The first-order chi connectivity index (χ1) is 9.94. The number of amides is 1. The Balaban J connectivity index is 2.16. The molecule has 0 spiro atoms. The SMILES string of the molecule is COCCC(C)(C)CN1C(=O)C(C)NC1c1ccccc1. The number of nitrogens with zero attached hydrogens (tertiary/aromatic N) is 1. The molecule has 116 valence electrons. The van der Waals surface area contributed by atoms with Gasteiger partial charge in [0.1, 0.15) is 6.17 Å². The van der Waals surface area contributed by atoms with Crippen molar-refractivity contribution in [3.05, 3.63) is 35.9 Å². The van der Waals surface area contributed by atoms with Crippen molar-refractivity contribution in [1.82, 2.24) is 10.2 Å². The number of carbonyl (C=O) groups excluding carboxylic acids is 1. The molecule has 1 saturated heterocycles. The van der Waals surface area contributed by atoms with Gasteiger partial charge in [-0.05, 0) is 24.3 Å². The Kier molecular flexibility index (Phi) is 5.01. The van der Waals surface area contributed by atoms with Crippen LogP contribution in [0.15, 0.2) is 30.3 Å². The Morgan fingerprint density at radius 2 is 1.95 bits per heavy atom. The summed E-state index contributed by atoms with van der Waals surface area (Å²) in [5.41, 5.74) is 1.17. The van der Waals surface area contributed by atoms with Crippen LogP contribution in [0.3, 0.4) is 0 Å². The number of ether oxygens (including phenoxy) is 1. The van der Waals surface area contributed by atoms with Crippen LogP contribution in [0.4, 0.5) is 0 Å². The van der Waals surface area contributed by atoms with Crippen molar-refractivity contribution in [3.63, 3.8) is 0 Å². The highest BCUT2D eigenvalue weighted by Gasteiger charge is 2.39. The second-order valence-corrected chi connectivity index (χ2v) is 6.57. The zero-order chi connectivity index (χ0) is 15.5. The molecule has 1 aliphatic heterocycles. The third-order valence-electron chi connectivity index (χ3n) is 4.07. The molecule has 1 aromatic rings. The molecular formula is C17H26N2O2. The van der Waals surface area contributed by atoms with Crippen molar-refractivity contribution in [2.45, 2.75) is 39.4 Å². The molecule has 1 aliphatic rings. The van der Waals surface area contributed by atoms with Crippen LogP contribution in [0.1, 0.15) is 38.9 Å². The van der Waals surface area contributed by atoms with Crippen molar-refractivity contribution in [2.75, 3.05) is 20.3 Å². The van der Waals surface area contributed by atoms with Gasteiger partial charge >= 0.3 is 0 Å². The molecule has 2 rings (SSSR count). The number of nitrogens with one attached hydrogen (secondary N) is 1. The molecule has 0 aliphatic carbocycles. The summed E-state index contributed by atoms with van der Waals surface area (Å²) < 4.78 is 5.18. The second-order valence-electron chi connectivity index (χ2n) is 6.57. The lowest BCUT2D eigenvalue weighted by atomic mass is 9.88. The predicted molar refractivity (Wildman–Crippen MR) is 83.8 cm³/mol. The molecule has 2 unspecified atom stereocenters. The molecule has 0 saturated carbocycles. The van der Waals surface area contributed by atoms with Gasteiger partial charge in [-0.1, -0.05) is 44.2 Å². The summed E-state index contributed by atoms with van der Waals surface area (Å²) in [5.74, 6) is 0.175. The van der Waals surface area contributed by atoms with Gasteiger partial charge in [0, 0.05) is 20.3 Å². The van der Waals surface area contributed by atoms with Crippen LogP contribution in [0, 0.1) is 5.41 Å². The van der Waals surface area contributed by atoms with Crippen molar-refractivity contribution in [2.24, 2.45) is 5.41 Å². The molecule has 2 atom stereocenters. The third kappa shape index (κ3) is 3.83. The lowest BCUT2D eigenvalue weighted by Gasteiger charge is -2.33. The minimum absolute atomic E-state index is 0.0319. The Hall–Kier alpha value is -1.39. The lowest BCUT2D eigenvalue weighted by molar-refractivity contribution is -0.131. The highest BCUT2D eigenvalue weighted by molar-refractivity contribution is 5.84. The lowest BCUT2D eigenvalue weighted by Crippen LogP contribution is -2.39. The van der Waals surface area contributed by atoms with E-state index in [1.165, 1.54) is 0 Å². The largest absolute Gasteiger partial charge is 0.385 e. The number of methoxy groups -OCH3 is 1. The molecule has 1 N–H and O–H groups in total. The van der Waals surface area contributed by atoms with E-state index in [1.54, 1.807) is 7.11 Å². The zero-order valence-electron chi connectivity index (χ0n) is 13.4. The number of carbonyl (C=O) groups is 1. The highest BCUT2D eigenvalue weighted by Crippen LogP contribution is 2.31. The predicted octanol–water partition coefficient (Wildman–Crippen LogP) is 2.57. The molecule has 1 aromatic carbocycles. The maximum absolute atomic E-state index is 12.5. The van der Waals surface area contributed by atoms with Crippen LogP contribution in [-0.4, -0.2) is 37.1 Å². The van der Waals surface area contributed by atoms with Crippen LogP contribution in [-0.2, 0) is 9.53 Å². The molecule has 1 fully saturated rings. The normalized spacial score (nSPS) is 22.9. The quantitative estimate of drug-likeness (QED) is 0.875. The Morgan fingerprint density at radius 3 is 2.57 bits per heavy atom. The van der Waals surface area contributed by atoms with Gasteiger partial charge in [0.05, 0.1) is 6.04 Å². The molecule has 1 amide bonds. The molecule has 0 bridgehead atoms. The number of rotatable bonds is 6. The maximum atomic E-state index is 12.5. The van der Waals surface area contributed by atoms with Gasteiger partial charge in [0.15, 0.2) is 0 Å². The van der Waals surface area contributed by atoms with E-state index in [4.69, 9.17) is 4.74 Å². The van der Waals surface area contributed by atoms with Crippen molar-refractivity contribution in [3.8, 4) is 0 Å². The topological polar surface area (TPSA) is 41.6 Å². The summed E-state index contributed by atoms with van der Waals surface area (Å²) in [5, 5.41) is 3.39. The molecule has 0 aromatic heterocycles. The zero-order valence-corrected chi connectivity index (χ0v) is 13.4. The standard InChI is InChI=1S/C17H26N2O2/c1-13-16(20)19(12-17(2,3)10-11-21-4)15(18-13)14-8-6-5-7-9-14/h5-9,13,15,18H,10-12H2,1-4H3. The van der Waals surface area contributed by atoms with Gasteiger partial charge in [-0.2, -0.15) is 0 Å². The first-order valence-corrected chi connectivity index (χ1v) is 7.55. The van der Waals surface area contributed by atoms with Crippen molar-refractivity contribution in [1.29, 1.82) is 0 Å². The van der Waals surface area contributed by atoms with Gasteiger partial charge in [-0.15, -0.1) is 0 Å². The molecule has 1 heterocycles. The summed E-state index contributed by atoms with van der Waals surface area (Å²) in [4.78, 5) is 14.4. The van der Waals surface area contributed by atoms with Crippen LogP contribution >= 0.6 is 0 Å². The van der Waals surface area contributed by atoms with E-state index in [0.29, 0.717) is 6.61 Å². The Morgan fingerprint density at radius 1 is 1.29 bits per heavy atom. The number of hydrogen-bond acceptors (Lipinski definition) is 3. The first-order valence-electron chi connectivity index (χ1n) is 7.55. The molecule has 4 nitrogen and oxygen atoms in total. The summed E-state index contributed by atoms with van der Waals surface area (Å²) >= 11 is 0.